The number of aryl methyl sites for hydroxylation is 1. The minimum Gasteiger partial charge on any atom is -0.354 e. The van der Waals surface area contributed by atoms with E-state index in [2.05, 4.69) is 5.32 Å². The van der Waals surface area contributed by atoms with Crippen LogP contribution in [0.15, 0.2) is 89.8 Å². The van der Waals surface area contributed by atoms with E-state index in [-0.39, 0.29) is 23.1 Å². The summed E-state index contributed by atoms with van der Waals surface area (Å²) in [5, 5.41) is 2.89. The van der Waals surface area contributed by atoms with Gasteiger partial charge in [-0.15, -0.1) is 0 Å². The van der Waals surface area contributed by atoms with Gasteiger partial charge < -0.3 is 10.2 Å². The van der Waals surface area contributed by atoms with Crippen molar-refractivity contribution in [3.8, 4) is 0 Å². The Balaban J connectivity index is 1.54. The number of likely N-dealkylation sites (N-methyl/N-ethyl adjacent to an activating group) is 1. The van der Waals surface area contributed by atoms with Gasteiger partial charge in [0.1, 0.15) is 6.04 Å². The lowest BCUT2D eigenvalue weighted by molar-refractivity contribution is -0.141. The molecule has 7 nitrogen and oxygen atoms in total. The van der Waals surface area contributed by atoms with Gasteiger partial charge in [0.25, 0.3) is 0 Å². The number of amides is 2. The molecule has 0 unspecified atom stereocenters. The lowest BCUT2D eigenvalue weighted by atomic mass is 10.0. The standard InChI is InChI=1S/C30H35N3O4S/c1-2-31-30(35)29(26-13-7-4-8-14-26)33(23-25-11-5-3-6-12-25)28(34)20-17-24-15-18-27(19-16-24)38(36,37)32-21-9-10-22-32/h3-8,11-16,18-19,29H,2,9-10,17,20-23H2,1H3,(H,31,35)/t29-/m1/s1. The molecule has 38 heavy (non-hydrogen) atoms. The summed E-state index contributed by atoms with van der Waals surface area (Å²) in [7, 11) is -3.48. The first-order valence-corrected chi connectivity index (χ1v) is 14.6. The average molecular weight is 534 g/mol. The zero-order valence-electron chi connectivity index (χ0n) is 21.8. The summed E-state index contributed by atoms with van der Waals surface area (Å²) < 4.78 is 27.2. The van der Waals surface area contributed by atoms with Crippen LogP contribution in [0.4, 0.5) is 0 Å². The zero-order chi connectivity index (χ0) is 27.0. The number of rotatable bonds is 11. The van der Waals surface area contributed by atoms with Crippen molar-refractivity contribution in [1.82, 2.24) is 14.5 Å². The SMILES string of the molecule is CCNC(=O)[C@@H](c1ccccc1)N(Cc1ccccc1)C(=O)CCc1ccc(S(=O)(=O)N2CCCC2)cc1. The van der Waals surface area contributed by atoms with Crippen LogP contribution in [-0.4, -0.2) is 49.1 Å². The quantitative estimate of drug-likeness (QED) is 0.398. The Morgan fingerprint density at radius 3 is 2.08 bits per heavy atom. The molecular formula is C30H35N3O4S. The van der Waals surface area contributed by atoms with E-state index in [4.69, 9.17) is 0 Å². The Labute approximate surface area is 225 Å². The lowest BCUT2D eigenvalue weighted by Crippen LogP contribution is -2.43. The van der Waals surface area contributed by atoms with Gasteiger partial charge in [-0.1, -0.05) is 72.8 Å². The van der Waals surface area contributed by atoms with E-state index in [0.29, 0.717) is 32.6 Å². The number of nitrogens with one attached hydrogen (secondary N) is 1. The molecule has 1 N–H and O–H groups in total. The minimum absolute atomic E-state index is 0.150. The van der Waals surface area contributed by atoms with Gasteiger partial charge in [0.15, 0.2) is 0 Å². The van der Waals surface area contributed by atoms with E-state index in [0.717, 1.165) is 29.5 Å². The van der Waals surface area contributed by atoms with Crippen molar-refractivity contribution in [1.29, 1.82) is 0 Å². The summed E-state index contributed by atoms with van der Waals surface area (Å²) in [4.78, 5) is 28.8. The van der Waals surface area contributed by atoms with Crippen molar-refractivity contribution in [2.75, 3.05) is 19.6 Å². The normalized spacial score (nSPS) is 14.7. The summed E-state index contributed by atoms with van der Waals surface area (Å²) in [5.74, 6) is -0.373. The maximum absolute atomic E-state index is 13.7. The Kier molecular flexibility index (Phi) is 9.31. The number of hydrogen-bond acceptors (Lipinski definition) is 4. The number of hydrogen-bond donors (Lipinski definition) is 1. The first kappa shape index (κ1) is 27.5. The molecule has 200 valence electrons. The first-order valence-electron chi connectivity index (χ1n) is 13.2. The highest BCUT2D eigenvalue weighted by Crippen LogP contribution is 2.26. The Bertz CT molecular complexity index is 1310. The molecule has 1 fully saturated rings. The molecule has 0 radical (unpaired) electrons. The van der Waals surface area contributed by atoms with Crippen molar-refractivity contribution in [3.05, 3.63) is 102 Å². The monoisotopic (exact) mass is 533 g/mol. The van der Waals surface area contributed by atoms with Gasteiger partial charge in [-0.05, 0) is 55.0 Å². The van der Waals surface area contributed by atoms with E-state index in [1.165, 1.54) is 4.31 Å². The summed E-state index contributed by atoms with van der Waals surface area (Å²) in [6, 6.07) is 25.0. The van der Waals surface area contributed by atoms with Crippen LogP contribution >= 0.6 is 0 Å². The van der Waals surface area contributed by atoms with Crippen molar-refractivity contribution < 1.29 is 18.0 Å². The second-order valence-electron chi connectivity index (χ2n) is 9.47. The van der Waals surface area contributed by atoms with Crippen molar-refractivity contribution in [2.24, 2.45) is 0 Å². The molecule has 0 aliphatic carbocycles. The summed E-state index contributed by atoms with van der Waals surface area (Å²) in [6.45, 7) is 3.73. The number of sulfonamides is 1. The van der Waals surface area contributed by atoms with Crippen LogP contribution in [0.3, 0.4) is 0 Å². The van der Waals surface area contributed by atoms with E-state index in [1.54, 1.807) is 29.2 Å². The molecular weight excluding hydrogens is 498 g/mol. The fraction of sp³-hybridized carbons (Fsp3) is 0.333. The molecule has 3 aromatic carbocycles. The van der Waals surface area contributed by atoms with E-state index >= 15 is 0 Å². The Morgan fingerprint density at radius 2 is 1.47 bits per heavy atom. The fourth-order valence-corrected chi connectivity index (χ4v) is 6.30. The number of carbonyl (C=O) groups excluding carboxylic acids is 2. The van der Waals surface area contributed by atoms with Gasteiger partial charge in [0.2, 0.25) is 21.8 Å². The molecule has 4 rings (SSSR count). The van der Waals surface area contributed by atoms with Crippen LogP contribution < -0.4 is 5.32 Å². The second-order valence-corrected chi connectivity index (χ2v) is 11.4. The number of nitrogens with zero attached hydrogens (tertiary/aromatic N) is 2. The Morgan fingerprint density at radius 1 is 0.868 bits per heavy atom. The van der Waals surface area contributed by atoms with Crippen molar-refractivity contribution in [2.45, 2.75) is 50.1 Å². The molecule has 8 heteroatoms. The molecule has 0 saturated carbocycles. The predicted molar refractivity (Wildman–Crippen MR) is 148 cm³/mol. The highest BCUT2D eigenvalue weighted by Gasteiger charge is 2.31. The minimum atomic E-state index is -3.48. The largest absolute Gasteiger partial charge is 0.354 e. The number of benzene rings is 3. The Hall–Kier alpha value is -3.49. The van der Waals surface area contributed by atoms with Gasteiger partial charge in [-0.2, -0.15) is 4.31 Å². The highest BCUT2D eigenvalue weighted by atomic mass is 32.2. The molecule has 0 aromatic heterocycles. The van der Waals surface area contributed by atoms with Gasteiger partial charge in [0, 0.05) is 32.6 Å². The molecule has 1 aliphatic rings. The average Bonchev–Trinajstić information content (AvgIpc) is 3.49. The second kappa shape index (κ2) is 12.8. The highest BCUT2D eigenvalue weighted by molar-refractivity contribution is 7.89. The van der Waals surface area contributed by atoms with Crippen LogP contribution in [0.2, 0.25) is 0 Å². The molecule has 1 saturated heterocycles. The molecule has 0 spiro atoms. The van der Waals surface area contributed by atoms with Crippen LogP contribution in [0, 0.1) is 0 Å². The maximum atomic E-state index is 13.7. The molecule has 1 atom stereocenters. The molecule has 0 bridgehead atoms. The van der Waals surface area contributed by atoms with Gasteiger partial charge in [-0.3, -0.25) is 9.59 Å². The summed E-state index contributed by atoms with van der Waals surface area (Å²) in [6.07, 6.45) is 2.40. The smallest absolute Gasteiger partial charge is 0.247 e. The van der Waals surface area contributed by atoms with Crippen LogP contribution in [-0.2, 0) is 32.6 Å². The molecule has 1 heterocycles. The van der Waals surface area contributed by atoms with Crippen LogP contribution in [0.25, 0.3) is 0 Å². The lowest BCUT2D eigenvalue weighted by Gasteiger charge is -2.31. The van der Waals surface area contributed by atoms with Gasteiger partial charge in [-0.25, -0.2) is 8.42 Å². The summed E-state index contributed by atoms with van der Waals surface area (Å²) >= 11 is 0. The third-order valence-electron chi connectivity index (χ3n) is 6.80. The number of carbonyl (C=O) groups is 2. The predicted octanol–water partition coefficient (Wildman–Crippen LogP) is 4.31. The topological polar surface area (TPSA) is 86.8 Å². The molecule has 2 amide bonds. The maximum Gasteiger partial charge on any atom is 0.247 e. The first-order chi connectivity index (χ1) is 18.4. The van der Waals surface area contributed by atoms with Crippen LogP contribution in [0.5, 0.6) is 0 Å². The van der Waals surface area contributed by atoms with Gasteiger partial charge in [0.05, 0.1) is 4.90 Å². The fourth-order valence-electron chi connectivity index (χ4n) is 4.78. The zero-order valence-corrected chi connectivity index (χ0v) is 22.6. The molecule has 1 aliphatic heterocycles. The third-order valence-corrected chi connectivity index (χ3v) is 8.71. The van der Waals surface area contributed by atoms with Crippen molar-refractivity contribution >= 4 is 21.8 Å². The van der Waals surface area contributed by atoms with E-state index in [1.807, 2.05) is 67.6 Å². The van der Waals surface area contributed by atoms with E-state index in [9.17, 15) is 18.0 Å². The van der Waals surface area contributed by atoms with Crippen LogP contribution in [0.1, 0.15) is 48.9 Å². The third kappa shape index (κ3) is 6.68. The molecule has 3 aromatic rings. The van der Waals surface area contributed by atoms with E-state index < -0.39 is 16.1 Å². The van der Waals surface area contributed by atoms with Crippen molar-refractivity contribution in [3.63, 3.8) is 0 Å². The summed E-state index contributed by atoms with van der Waals surface area (Å²) in [5.41, 5.74) is 2.55. The van der Waals surface area contributed by atoms with Gasteiger partial charge >= 0.3 is 0 Å².